The molecule has 6 heteroatoms. The molecule has 0 fully saturated rings. The zero-order valence-electron chi connectivity index (χ0n) is 9.38. The van der Waals surface area contributed by atoms with Crippen molar-refractivity contribution in [2.75, 3.05) is 0 Å². The van der Waals surface area contributed by atoms with Crippen LogP contribution in [0.2, 0.25) is 0 Å². The van der Waals surface area contributed by atoms with E-state index in [0.717, 1.165) is 18.2 Å². The number of Topliss-reactive ketones (excluding diaryl/α,β-unsaturated/α-hetero) is 1. The van der Waals surface area contributed by atoms with E-state index in [1.54, 1.807) is 12.1 Å². The van der Waals surface area contributed by atoms with Crippen LogP contribution in [-0.2, 0) is 6.18 Å². The van der Waals surface area contributed by atoms with Gasteiger partial charge >= 0.3 is 6.18 Å². The van der Waals surface area contributed by atoms with Gasteiger partial charge in [0.1, 0.15) is 17.7 Å². The minimum absolute atomic E-state index is 0.0259. The number of nitriles is 2. The summed E-state index contributed by atoms with van der Waals surface area (Å²) in [4.78, 5) is 11.6. The van der Waals surface area contributed by atoms with Gasteiger partial charge in [-0.3, -0.25) is 4.79 Å². The summed E-state index contributed by atoms with van der Waals surface area (Å²) in [5.74, 6) is -0.387. The molecule has 0 saturated carbocycles. The van der Waals surface area contributed by atoms with Crippen molar-refractivity contribution in [2.45, 2.75) is 12.6 Å². The van der Waals surface area contributed by atoms with Gasteiger partial charge in [-0.25, -0.2) is 0 Å². The van der Waals surface area contributed by atoms with Crippen LogP contribution in [0.15, 0.2) is 23.8 Å². The van der Waals surface area contributed by atoms with Gasteiger partial charge in [0.15, 0.2) is 5.78 Å². The summed E-state index contributed by atoms with van der Waals surface area (Å²) in [6, 6.07) is 5.91. The van der Waals surface area contributed by atoms with Gasteiger partial charge in [0.05, 0.1) is 5.56 Å². The molecule has 0 N–H and O–H groups in total. The van der Waals surface area contributed by atoms with E-state index in [0.29, 0.717) is 0 Å². The summed E-state index contributed by atoms with van der Waals surface area (Å²) in [6.07, 6.45) is -4.75. The highest BCUT2D eigenvalue weighted by molar-refractivity contribution is 6.13. The molecule has 0 aliphatic heterocycles. The first-order valence-electron chi connectivity index (χ1n) is 5.16. The van der Waals surface area contributed by atoms with E-state index in [-0.39, 0.29) is 34.5 Å². The van der Waals surface area contributed by atoms with Gasteiger partial charge in [-0.15, -0.1) is 0 Å². The molecule has 0 aromatic heterocycles. The SMILES string of the molecule is N#CC(C#N)=C1CC(=O)c2ccc(C(F)(F)F)cc21. The first-order valence-corrected chi connectivity index (χ1v) is 5.16. The Labute approximate surface area is 106 Å². The Morgan fingerprint density at radius 2 is 1.79 bits per heavy atom. The number of carbonyl (C=O) groups is 1. The smallest absolute Gasteiger partial charge is 0.294 e. The summed E-state index contributed by atoms with van der Waals surface area (Å²) in [5, 5.41) is 17.5. The quantitative estimate of drug-likeness (QED) is 0.675. The molecule has 2 rings (SSSR count). The van der Waals surface area contributed by atoms with Crippen LogP contribution in [0.4, 0.5) is 13.2 Å². The van der Waals surface area contributed by atoms with Crippen molar-refractivity contribution < 1.29 is 18.0 Å². The molecule has 0 unspecified atom stereocenters. The standard InChI is InChI=1S/C13H5F3N2O/c14-13(15,16)8-1-2-9-11(3-8)10(4-12(9)19)7(5-17)6-18/h1-3H,4H2. The third-order valence-corrected chi connectivity index (χ3v) is 2.84. The second-order valence-corrected chi connectivity index (χ2v) is 3.94. The zero-order valence-corrected chi connectivity index (χ0v) is 9.38. The van der Waals surface area contributed by atoms with Crippen LogP contribution in [0.3, 0.4) is 0 Å². The van der Waals surface area contributed by atoms with Gasteiger partial charge in [0.2, 0.25) is 0 Å². The zero-order chi connectivity index (χ0) is 14.2. The van der Waals surface area contributed by atoms with E-state index < -0.39 is 11.7 Å². The van der Waals surface area contributed by atoms with Gasteiger partial charge in [-0.1, -0.05) is 6.07 Å². The number of hydrogen-bond donors (Lipinski definition) is 0. The monoisotopic (exact) mass is 262 g/mol. The molecular weight excluding hydrogens is 257 g/mol. The maximum absolute atomic E-state index is 12.6. The number of ketones is 1. The minimum Gasteiger partial charge on any atom is -0.294 e. The Balaban J connectivity index is 2.71. The topological polar surface area (TPSA) is 64.7 Å². The highest BCUT2D eigenvalue weighted by atomic mass is 19.4. The maximum Gasteiger partial charge on any atom is 0.416 e. The molecule has 0 amide bonds. The summed E-state index contributed by atoms with van der Waals surface area (Å²) < 4.78 is 37.8. The fourth-order valence-corrected chi connectivity index (χ4v) is 1.95. The maximum atomic E-state index is 12.6. The Bertz CT molecular complexity index is 671. The van der Waals surface area contributed by atoms with Gasteiger partial charge in [-0.05, 0) is 23.3 Å². The normalized spacial score (nSPS) is 13.7. The van der Waals surface area contributed by atoms with Crippen molar-refractivity contribution in [3.05, 3.63) is 40.5 Å². The largest absolute Gasteiger partial charge is 0.416 e. The van der Waals surface area contributed by atoms with E-state index in [4.69, 9.17) is 10.5 Å². The van der Waals surface area contributed by atoms with E-state index in [1.165, 1.54) is 0 Å². The molecule has 0 bridgehead atoms. The van der Waals surface area contributed by atoms with E-state index in [2.05, 4.69) is 0 Å². The van der Waals surface area contributed by atoms with Crippen LogP contribution in [0.1, 0.15) is 27.9 Å². The molecule has 0 heterocycles. The lowest BCUT2D eigenvalue weighted by molar-refractivity contribution is -0.137. The second-order valence-electron chi connectivity index (χ2n) is 3.94. The van der Waals surface area contributed by atoms with Crippen molar-refractivity contribution in [3.63, 3.8) is 0 Å². The average molecular weight is 262 g/mol. The molecule has 1 aromatic carbocycles. The van der Waals surface area contributed by atoms with Crippen molar-refractivity contribution in [3.8, 4) is 12.1 Å². The lowest BCUT2D eigenvalue weighted by Crippen LogP contribution is -2.05. The molecule has 94 valence electrons. The first kappa shape index (κ1) is 12.8. The van der Waals surface area contributed by atoms with Crippen LogP contribution in [-0.4, -0.2) is 5.78 Å². The van der Waals surface area contributed by atoms with Crippen molar-refractivity contribution in [2.24, 2.45) is 0 Å². The summed E-state index contributed by atoms with van der Waals surface area (Å²) in [7, 11) is 0. The molecule has 19 heavy (non-hydrogen) atoms. The number of allylic oxidation sites excluding steroid dienone is 2. The van der Waals surface area contributed by atoms with Gasteiger partial charge in [-0.2, -0.15) is 23.7 Å². The van der Waals surface area contributed by atoms with Crippen LogP contribution < -0.4 is 0 Å². The highest BCUT2D eigenvalue weighted by Gasteiger charge is 2.34. The predicted octanol–water partition coefficient (Wildman–Crippen LogP) is 3.09. The van der Waals surface area contributed by atoms with Crippen molar-refractivity contribution in [1.29, 1.82) is 10.5 Å². The molecular formula is C13H5F3N2O. The number of benzene rings is 1. The lowest BCUT2D eigenvalue weighted by Gasteiger charge is -2.08. The molecule has 3 nitrogen and oxygen atoms in total. The summed E-state index contributed by atoms with van der Waals surface area (Å²) >= 11 is 0. The predicted molar refractivity (Wildman–Crippen MR) is 58.5 cm³/mol. The summed E-state index contributed by atoms with van der Waals surface area (Å²) in [5.41, 5.74) is -1.03. The first-order chi connectivity index (χ1) is 8.88. The molecule has 1 aliphatic rings. The second kappa shape index (κ2) is 4.25. The Morgan fingerprint density at radius 3 is 2.32 bits per heavy atom. The Hall–Kier alpha value is -2.60. The third-order valence-electron chi connectivity index (χ3n) is 2.84. The fourth-order valence-electron chi connectivity index (χ4n) is 1.95. The Morgan fingerprint density at radius 1 is 1.16 bits per heavy atom. The molecule has 1 aliphatic carbocycles. The van der Waals surface area contributed by atoms with Crippen LogP contribution in [0, 0.1) is 22.7 Å². The van der Waals surface area contributed by atoms with E-state index in [1.807, 2.05) is 0 Å². The number of hydrogen-bond acceptors (Lipinski definition) is 3. The number of alkyl halides is 3. The number of halogens is 3. The van der Waals surface area contributed by atoms with Crippen molar-refractivity contribution >= 4 is 11.4 Å². The lowest BCUT2D eigenvalue weighted by atomic mass is 10.0. The number of carbonyl (C=O) groups excluding carboxylic acids is 1. The van der Waals surface area contributed by atoms with Crippen molar-refractivity contribution in [1.82, 2.24) is 0 Å². The van der Waals surface area contributed by atoms with E-state index in [9.17, 15) is 18.0 Å². The molecule has 0 spiro atoms. The molecule has 1 aromatic rings. The number of fused-ring (bicyclic) bond motifs is 1. The minimum atomic E-state index is -4.54. The number of nitrogens with zero attached hydrogens (tertiary/aromatic N) is 2. The molecule has 0 atom stereocenters. The number of rotatable bonds is 0. The Kier molecular flexibility index (Phi) is 2.88. The molecule has 0 radical (unpaired) electrons. The highest BCUT2D eigenvalue weighted by Crippen LogP contribution is 2.38. The van der Waals surface area contributed by atoms with Gasteiger partial charge in [0, 0.05) is 12.0 Å². The third kappa shape index (κ3) is 2.09. The van der Waals surface area contributed by atoms with Gasteiger partial charge < -0.3 is 0 Å². The molecule has 0 saturated heterocycles. The van der Waals surface area contributed by atoms with Crippen LogP contribution in [0.25, 0.3) is 5.57 Å². The van der Waals surface area contributed by atoms with E-state index >= 15 is 0 Å². The average Bonchev–Trinajstić information content (AvgIpc) is 2.67. The van der Waals surface area contributed by atoms with Crippen LogP contribution in [0.5, 0.6) is 0 Å². The van der Waals surface area contributed by atoms with Crippen LogP contribution >= 0.6 is 0 Å². The van der Waals surface area contributed by atoms with Gasteiger partial charge in [0.25, 0.3) is 0 Å². The fraction of sp³-hybridized carbons (Fsp3) is 0.154. The summed E-state index contributed by atoms with van der Waals surface area (Å²) in [6.45, 7) is 0.